The van der Waals surface area contributed by atoms with Crippen LogP contribution in [-0.2, 0) is 9.59 Å². The Morgan fingerprint density at radius 1 is 1.33 bits per heavy atom. The highest BCUT2D eigenvalue weighted by Gasteiger charge is 2.18. The fourth-order valence-corrected chi connectivity index (χ4v) is 1.93. The maximum atomic E-state index is 11.7. The molecular formula is C15H21ClN2O3. The Bertz CT molecular complexity index is 520. The summed E-state index contributed by atoms with van der Waals surface area (Å²) in [7, 11) is 0. The molecule has 1 aromatic rings. The van der Waals surface area contributed by atoms with Gasteiger partial charge in [-0.05, 0) is 30.5 Å². The van der Waals surface area contributed by atoms with Gasteiger partial charge in [0.05, 0.1) is 16.8 Å². The van der Waals surface area contributed by atoms with Crippen LogP contribution < -0.4 is 10.6 Å². The maximum absolute atomic E-state index is 11.7. The smallest absolute Gasteiger partial charge is 0.313 e. The SMILES string of the molecule is CCC(C)C(O)CNC(=O)C(=O)Nc1ccc(C)cc1Cl. The van der Waals surface area contributed by atoms with Gasteiger partial charge in [0.1, 0.15) is 0 Å². The first-order valence-corrected chi connectivity index (χ1v) is 7.26. The van der Waals surface area contributed by atoms with Gasteiger partial charge in [0.15, 0.2) is 0 Å². The second-order valence-corrected chi connectivity index (χ2v) is 5.51. The minimum absolute atomic E-state index is 0.0445. The molecule has 2 amide bonds. The lowest BCUT2D eigenvalue weighted by atomic mass is 10.0. The number of carbonyl (C=O) groups excluding carboxylic acids is 2. The molecular weight excluding hydrogens is 292 g/mol. The Labute approximate surface area is 129 Å². The molecule has 3 N–H and O–H groups in total. The zero-order valence-electron chi connectivity index (χ0n) is 12.4. The Morgan fingerprint density at radius 2 is 2.00 bits per heavy atom. The van der Waals surface area contributed by atoms with Crippen molar-refractivity contribution in [2.24, 2.45) is 5.92 Å². The molecule has 0 fully saturated rings. The maximum Gasteiger partial charge on any atom is 0.313 e. The molecule has 2 unspecified atom stereocenters. The molecule has 6 heteroatoms. The minimum Gasteiger partial charge on any atom is -0.391 e. The van der Waals surface area contributed by atoms with Crippen LogP contribution in [0.2, 0.25) is 5.02 Å². The number of aliphatic hydroxyl groups excluding tert-OH is 1. The molecule has 21 heavy (non-hydrogen) atoms. The molecule has 0 aliphatic heterocycles. The minimum atomic E-state index is -0.808. The molecule has 0 aliphatic carbocycles. The first kappa shape index (κ1) is 17.5. The Kier molecular flexibility index (Phi) is 6.65. The molecule has 2 atom stereocenters. The van der Waals surface area contributed by atoms with Crippen molar-refractivity contribution >= 4 is 29.1 Å². The Morgan fingerprint density at radius 3 is 2.57 bits per heavy atom. The van der Waals surface area contributed by atoms with Crippen molar-refractivity contribution in [2.75, 3.05) is 11.9 Å². The van der Waals surface area contributed by atoms with Crippen LogP contribution in [0.15, 0.2) is 18.2 Å². The van der Waals surface area contributed by atoms with Crippen molar-refractivity contribution in [3.63, 3.8) is 0 Å². The van der Waals surface area contributed by atoms with E-state index in [9.17, 15) is 14.7 Å². The van der Waals surface area contributed by atoms with Gasteiger partial charge in [-0.1, -0.05) is 37.9 Å². The van der Waals surface area contributed by atoms with E-state index in [1.807, 2.05) is 20.8 Å². The van der Waals surface area contributed by atoms with Gasteiger partial charge in [-0.2, -0.15) is 0 Å². The van der Waals surface area contributed by atoms with Crippen molar-refractivity contribution < 1.29 is 14.7 Å². The van der Waals surface area contributed by atoms with Crippen LogP contribution in [0.5, 0.6) is 0 Å². The van der Waals surface area contributed by atoms with Crippen molar-refractivity contribution in [3.8, 4) is 0 Å². The lowest BCUT2D eigenvalue weighted by Gasteiger charge is -2.17. The number of amides is 2. The summed E-state index contributed by atoms with van der Waals surface area (Å²) in [6.07, 6.45) is 0.122. The molecule has 1 aromatic carbocycles. The van der Waals surface area contributed by atoms with Crippen LogP contribution in [0.25, 0.3) is 0 Å². The summed E-state index contributed by atoms with van der Waals surface area (Å²) >= 11 is 5.98. The van der Waals surface area contributed by atoms with Crippen molar-refractivity contribution in [1.29, 1.82) is 0 Å². The van der Waals surface area contributed by atoms with E-state index in [0.717, 1.165) is 12.0 Å². The van der Waals surface area contributed by atoms with Crippen molar-refractivity contribution in [1.82, 2.24) is 5.32 Å². The number of nitrogens with one attached hydrogen (secondary N) is 2. The first-order valence-electron chi connectivity index (χ1n) is 6.88. The quantitative estimate of drug-likeness (QED) is 0.729. The largest absolute Gasteiger partial charge is 0.391 e. The van der Waals surface area contributed by atoms with Crippen molar-refractivity contribution in [2.45, 2.75) is 33.3 Å². The van der Waals surface area contributed by atoms with E-state index in [4.69, 9.17) is 11.6 Å². The van der Waals surface area contributed by atoms with Crippen LogP contribution >= 0.6 is 11.6 Å². The standard InChI is InChI=1S/C15H21ClN2O3/c1-4-10(3)13(19)8-17-14(20)15(21)18-12-6-5-9(2)7-11(12)16/h5-7,10,13,19H,4,8H2,1-3H3,(H,17,20)(H,18,21). The van der Waals surface area contributed by atoms with E-state index in [-0.39, 0.29) is 12.5 Å². The lowest BCUT2D eigenvalue weighted by molar-refractivity contribution is -0.136. The van der Waals surface area contributed by atoms with Crippen molar-refractivity contribution in [3.05, 3.63) is 28.8 Å². The second kappa shape index (κ2) is 8.00. The number of carbonyl (C=O) groups is 2. The number of halogens is 1. The third-order valence-electron chi connectivity index (χ3n) is 3.35. The van der Waals surface area contributed by atoms with Gasteiger partial charge in [0.2, 0.25) is 0 Å². The van der Waals surface area contributed by atoms with Gasteiger partial charge in [-0.15, -0.1) is 0 Å². The second-order valence-electron chi connectivity index (χ2n) is 5.10. The van der Waals surface area contributed by atoms with Gasteiger partial charge >= 0.3 is 11.8 Å². The van der Waals surface area contributed by atoms with Crippen LogP contribution in [0.4, 0.5) is 5.69 Å². The first-order chi connectivity index (χ1) is 9.85. The summed E-state index contributed by atoms with van der Waals surface area (Å²) < 4.78 is 0. The molecule has 0 bridgehead atoms. The monoisotopic (exact) mass is 312 g/mol. The molecule has 0 spiro atoms. The van der Waals surface area contributed by atoms with Crippen LogP contribution in [0.1, 0.15) is 25.8 Å². The number of aryl methyl sites for hydroxylation is 1. The summed E-state index contributed by atoms with van der Waals surface area (Å²) in [5.41, 5.74) is 1.34. The molecule has 0 aromatic heterocycles. The average Bonchev–Trinajstić information content (AvgIpc) is 2.46. The molecule has 0 saturated carbocycles. The zero-order chi connectivity index (χ0) is 16.0. The Balaban J connectivity index is 2.53. The summed E-state index contributed by atoms with van der Waals surface area (Å²) in [6.45, 7) is 5.74. The number of benzene rings is 1. The highest BCUT2D eigenvalue weighted by atomic mass is 35.5. The predicted octanol–water partition coefficient (Wildman–Crippen LogP) is 2.11. The normalized spacial score (nSPS) is 13.4. The van der Waals surface area contributed by atoms with Gasteiger partial charge in [-0.3, -0.25) is 9.59 Å². The fraction of sp³-hybridized carbons (Fsp3) is 0.467. The number of anilines is 1. The summed E-state index contributed by atoms with van der Waals surface area (Å²) in [5, 5.41) is 15.0. The van der Waals surface area contributed by atoms with Crippen LogP contribution in [-0.4, -0.2) is 29.6 Å². The highest BCUT2D eigenvalue weighted by molar-refractivity contribution is 6.41. The van der Waals surface area contributed by atoms with E-state index in [2.05, 4.69) is 10.6 Å². The third kappa shape index (κ3) is 5.36. The topological polar surface area (TPSA) is 78.4 Å². The summed E-state index contributed by atoms with van der Waals surface area (Å²) in [6, 6.07) is 5.12. The number of hydrogen-bond acceptors (Lipinski definition) is 3. The van der Waals surface area contributed by atoms with Gasteiger partial charge in [0, 0.05) is 6.54 Å². The van der Waals surface area contributed by atoms with E-state index >= 15 is 0 Å². The summed E-state index contributed by atoms with van der Waals surface area (Å²) in [5.74, 6) is -1.55. The predicted molar refractivity (Wildman–Crippen MR) is 83.3 cm³/mol. The lowest BCUT2D eigenvalue weighted by Crippen LogP contribution is -2.41. The number of hydrogen-bond donors (Lipinski definition) is 3. The van der Waals surface area contributed by atoms with E-state index in [0.29, 0.717) is 10.7 Å². The zero-order valence-corrected chi connectivity index (χ0v) is 13.2. The number of rotatable bonds is 5. The number of aliphatic hydroxyl groups is 1. The Hall–Kier alpha value is -1.59. The van der Waals surface area contributed by atoms with Crippen LogP contribution in [0.3, 0.4) is 0 Å². The molecule has 0 saturated heterocycles. The molecule has 116 valence electrons. The summed E-state index contributed by atoms with van der Waals surface area (Å²) in [4.78, 5) is 23.4. The van der Waals surface area contributed by atoms with Gasteiger partial charge in [0.25, 0.3) is 0 Å². The van der Waals surface area contributed by atoms with Gasteiger partial charge in [-0.25, -0.2) is 0 Å². The molecule has 5 nitrogen and oxygen atoms in total. The van der Waals surface area contributed by atoms with E-state index in [1.165, 1.54) is 0 Å². The van der Waals surface area contributed by atoms with Gasteiger partial charge < -0.3 is 15.7 Å². The van der Waals surface area contributed by atoms with E-state index < -0.39 is 17.9 Å². The molecule has 1 rings (SSSR count). The third-order valence-corrected chi connectivity index (χ3v) is 3.66. The average molecular weight is 313 g/mol. The van der Waals surface area contributed by atoms with E-state index in [1.54, 1.807) is 18.2 Å². The molecule has 0 heterocycles. The fourth-order valence-electron chi connectivity index (χ4n) is 1.65. The molecule has 0 aliphatic rings. The van der Waals surface area contributed by atoms with Crippen LogP contribution in [0, 0.1) is 12.8 Å². The molecule has 0 radical (unpaired) electrons. The highest BCUT2D eigenvalue weighted by Crippen LogP contribution is 2.22.